The number of hydrogen-bond donors (Lipinski definition) is 1. The maximum Gasteiger partial charge on any atom is 0.364 e. The first-order chi connectivity index (χ1) is 4.96. The largest absolute Gasteiger partial charge is 0.477 e. The van der Waals surface area contributed by atoms with Crippen molar-refractivity contribution >= 4 is 5.97 Å². The van der Waals surface area contributed by atoms with Gasteiger partial charge in [0.15, 0.2) is 0 Å². The fraction of sp³-hybridized carbons (Fsp3) is 0.857. The van der Waals surface area contributed by atoms with Crippen LogP contribution in [0.4, 0.5) is 0 Å². The second-order valence-corrected chi connectivity index (χ2v) is 2.90. The first-order valence-electron chi connectivity index (χ1n) is 3.55. The zero-order valence-electron chi connectivity index (χ0n) is 6.83. The first-order valence-corrected chi connectivity index (χ1v) is 3.55. The molecular formula is C7H12O4. The third-order valence-electron chi connectivity index (χ3n) is 1.87. The highest BCUT2D eigenvalue weighted by molar-refractivity contribution is 5.75. The molecule has 0 unspecified atom stereocenters. The molecule has 1 N–H and O–H groups in total. The number of rotatable bonds is 1. The highest BCUT2D eigenvalue weighted by atomic mass is 16.8. The van der Waals surface area contributed by atoms with Crippen LogP contribution in [0.1, 0.15) is 20.8 Å². The van der Waals surface area contributed by atoms with Gasteiger partial charge in [0.25, 0.3) is 5.79 Å². The van der Waals surface area contributed by atoms with Gasteiger partial charge in [-0.2, -0.15) is 0 Å². The van der Waals surface area contributed by atoms with E-state index in [0.717, 1.165) is 0 Å². The normalized spacial score (nSPS) is 35.5. The highest BCUT2D eigenvalue weighted by Gasteiger charge is 2.46. The van der Waals surface area contributed by atoms with Gasteiger partial charge in [-0.3, -0.25) is 0 Å². The number of carboxylic acids is 1. The predicted octanol–water partition coefficient (Wildman–Crippen LogP) is 0.611. The SMILES string of the molecule is C[C@@H]1OC(C)(C(=O)O)O[C@H]1C. The maximum atomic E-state index is 10.6. The van der Waals surface area contributed by atoms with Crippen LogP contribution < -0.4 is 0 Å². The summed E-state index contributed by atoms with van der Waals surface area (Å²) in [5.41, 5.74) is 0. The second kappa shape index (κ2) is 2.46. The van der Waals surface area contributed by atoms with Gasteiger partial charge in [0, 0.05) is 6.92 Å². The summed E-state index contributed by atoms with van der Waals surface area (Å²) in [7, 11) is 0. The van der Waals surface area contributed by atoms with Gasteiger partial charge < -0.3 is 14.6 Å². The van der Waals surface area contributed by atoms with Gasteiger partial charge in [-0.05, 0) is 13.8 Å². The van der Waals surface area contributed by atoms with Crippen molar-refractivity contribution in [1.82, 2.24) is 0 Å². The van der Waals surface area contributed by atoms with Crippen molar-refractivity contribution < 1.29 is 19.4 Å². The Morgan fingerprint density at radius 2 is 1.73 bits per heavy atom. The lowest BCUT2D eigenvalue weighted by atomic mass is 10.3. The van der Waals surface area contributed by atoms with Crippen molar-refractivity contribution in [2.45, 2.75) is 38.8 Å². The molecule has 0 aromatic carbocycles. The maximum absolute atomic E-state index is 10.6. The summed E-state index contributed by atoms with van der Waals surface area (Å²) >= 11 is 0. The average molecular weight is 160 g/mol. The minimum absolute atomic E-state index is 0.156. The molecule has 4 nitrogen and oxygen atoms in total. The molecule has 2 atom stereocenters. The Kier molecular flexibility index (Phi) is 1.90. The Bertz CT molecular complexity index is 167. The van der Waals surface area contributed by atoms with E-state index in [-0.39, 0.29) is 12.2 Å². The molecule has 0 aromatic rings. The molecule has 64 valence electrons. The third kappa shape index (κ3) is 1.36. The molecule has 0 amide bonds. The summed E-state index contributed by atoms with van der Waals surface area (Å²) in [6.07, 6.45) is -0.313. The van der Waals surface area contributed by atoms with E-state index >= 15 is 0 Å². The Labute approximate surface area is 65.1 Å². The number of ether oxygens (including phenoxy) is 2. The third-order valence-corrected chi connectivity index (χ3v) is 1.87. The summed E-state index contributed by atoms with van der Waals surface area (Å²) < 4.78 is 10.2. The average Bonchev–Trinajstić information content (AvgIpc) is 2.09. The molecule has 11 heavy (non-hydrogen) atoms. The van der Waals surface area contributed by atoms with Crippen LogP contribution in [0.5, 0.6) is 0 Å². The lowest BCUT2D eigenvalue weighted by Crippen LogP contribution is -2.36. The summed E-state index contributed by atoms with van der Waals surface area (Å²) in [5.74, 6) is -2.52. The molecule has 4 heteroatoms. The topological polar surface area (TPSA) is 55.8 Å². The fourth-order valence-electron chi connectivity index (χ4n) is 1.03. The van der Waals surface area contributed by atoms with E-state index in [1.54, 1.807) is 13.8 Å². The van der Waals surface area contributed by atoms with Crippen LogP contribution in [-0.2, 0) is 14.3 Å². The van der Waals surface area contributed by atoms with Crippen LogP contribution in [0.2, 0.25) is 0 Å². The van der Waals surface area contributed by atoms with Crippen LogP contribution in [0.25, 0.3) is 0 Å². The van der Waals surface area contributed by atoms with E-state index in [9.17, 15) is 4.79 Å². The number of carbonyl (C=O) groups is 1. The molecule has 0 aliphatic carbocycles. The predicted molar refractivity (Wildman–Crippen MR) is 37.1 cm³/mol. The van der Waals surface area contributed by atoms with Crippen molar-refractivity contribution in [3.63, 3.8) is 0 Å². The monoisotopic (exact) mass is 160 g/mol. The molecule has 1 aliphatic rings. The van der Waals surface area contributed by atoms with Gasteiger partial charge in [-0.15, -0.1) is 0 Å². The molecular weight excluding hydrogens is 148 g/mol. The van der Waals surface area contributed by atoms with E-state index in [0.29, 0.717) is 0 Å². The van der Waals surface area contributed by atoms with Crippen molar-refractivity contribution in [1.29, 1.82) is 0 Å². The van der Waals surface area contributed by atoms with Crippen LogP contribution in [-0.4, -0.2) is 29.1 Å². The van der Waals surface area contributed by atoms with Gasteiger partial charge in [-0.25, -0.2) is 4.79 Å². The van der Waals surface area contributed by atoms with Crippen molar-refractivity contribution in [3.05, 3.63) is 0 Å². The quantitative estimate of drug-likeness (QED) is 0.610. The zero-order chi connectivity index (χ0) is 8.65. The lowest BCUT2D eigenvalue weighted by molar-refractivity contribution is -0.201. The van der Waals surface area contributed by atoms with E-state index < -0.39 is 11.8 Å². The van der Waals surface area contributed by atoms with Crippen LogP contribution >= 0.6 is 0 Å². The minimum atomic E-state index is -1.45. The van der Waals surface area contributed by atoms with Gasteiger partial charge in [-0.1, -0.05) is 0 Å². The molecule has 1 saturated heterocycles. The molecule has 1 aliphatic heterocycles. The Morgan fingerprint density at radius 3 is 1.91 bits per heavy atom. The first kappa shape index (κ1) is 8.49. The molecule has 0 spiro atoms. The van der Waals surface area contributed by atoms with Crippen molar-refractivity contribution in [2.75, 3.05) is 0 Å². The molecule has 1 heterocycles. The smallest absolute Gasteiger partial charge is 0.364 e. The van der Waals surface area contributed by atoms with E-state index in [1.165, 1.54) is 6.92 Å². The molecule has 0 radical (unpaired) electrons. The molecule has 1 rings (SSSR count). The van der Waals surface area contributed by atoms with E-state index in [4.69, 9.17) is 14.6 Å². The minimum Gasteiger partial charge on any atom is -0.477 e. The van der Waals surface area contributed by atoms with Crippen LogP contribution in [0, 0.1) is 0 Å². The summed E-state index contributed by atoms with van der Waals surface area (Å²) in [5, 5.41) is 8.66. The highest BCUT2D eigenvalue weighted by Crippen LogP contribution is 2.27. The summed E-state index contributed by atoms with van der Waals surface area (Å²) in [6, 6.07) is 0. The summed E-state index contributed by atoms with van der Waals surface area (Å²) in [6.45, 7) is 4.99. The van der Waals surface area contributed by atoms with Gasteiger partial charge in [0.2, 0.25) is 0 Å². The summed E-state index contributed by atoms with van der Waals surface area (Å²) in [4.78, 5) is 10.6. The number of hydrogen-bond acceptors (Lipinski definition) is 3. The van der Waals surface area contributed by atoms with E-state index in [2.05, 4.69) is 0 Å². The standard InChI is InChI=1S/C7H12O4/c1-4-5(2)11-7(3,10-4)6(8)9/h4-5H,1-3H3,(H,8,9)/t4-,5-/m0/s1. The Balaban J connectivity index is 2.71. The van der Waals surface area contributed by atoms with Crippen LogP contribution in [0.3, 0.4) is 0 Å². The molecule has 1 fully saturated rings. The van der Waals surface area contributed by atoms with Crippen molar-refractivity contribution in [2.24, 2.45) is 0 Å². The zero-order valence-corrected chi connectivity index (χ0v) is 6.83. The Hall–Kier alpha value is -0.610. The molecule has 0 saturated carbocycles. The molecule has 0 aromatic heterocycles. The van der Waals surface area contributed by atoms with Gasteiger partial charge in [0.1, 0.15) is 0 Å². The van der Waals surface area contributed by atoms with Gasteiger partial charge >= 0.3 is 5.97 Å². The van der Waals surface area contributed by atoms with Crippen LogP contribution in [0.15, 0.2) is 0 Å². The Morgan fingerprint density at radius 1 is 1.36 bits per heavy atom. The number of carboxylic acid groups (broad SMARTS) is 1. The fourth-order valence-corrected chi connectivity index (χ4v) is 1.03. The lowest BCUT2D eigenvalue weighted by Gasteiger charge is -2.16. The van der Waals surface area contributed by atoms with E-state index in [1.807, 2.05) is 0 Å². The molecule has 0 bridgehead atoms. The second-order valence-electron chi connectivity index (χ2n) is 2.90. The van der Waals surface area contributed by atoms with Crippen molar-refractivity contribution in [3.8, 4) is 0 Å². The number of aliphatic carboxylic acids is 1. The van der Waals surface area contributed by atoms with Gasteiger partial charge in [0.05, 0.1) is 12.2 Å².